The fourth-order valence-corrected chi connectivity index (χ4v) is 4.73. The van der Waals surface area contributed by atoms with Crippen LogP contribution in [-0.4, -0.2) is 14.4 Å². The third-order valence-electron chi connectivity index (χ3n) is 5.40. The zero-order valence-electron chi connectivity index (χ0n) is 16.1. The first kappa shape index (κ1) is 18.8. The Morgan fingerprint density at radius 3 is 1.43 bits per heavy atom. The molecule has 0 radical (unpaired) electrons. The van der Waals surface area contributed by atoms with Crippen LogP contribution >= 0.6 is 7.60 Å². The third-order valence-corrected chi connectivity index (χ3v) is 6.06. The number of nitrogens with zero attached hydrogens (tertiary/aromatic N) is 1. The maximum atomic E-state index is 11.8. The molecule has 5 heteroatoms. The van der Waals surface area contributed by atoms with Crippen molar-refractivity contribution < 1.29 is 14.4 Å². The van der Waals surface area contributed by atoms with E-state index in [4.69, 9.17) is 0 Å². The van der Waals surface area contributed by atoms with Crippen molar-refractivity contribution in [3.63, 3.8) is 0 Å². The van der Waals surface area contributed by atoms with Crippen LogP contribution in [0.5, 0.6) is 0 Å². The minimum Gasteiger partial charge on any atom is -0.328 e. The second kappa shape index (κ2) is 7.26. The van der Waals surface area contributed by atoms with Crippen molar-refractivity contribution in [2.75, 3.05) is 0 Å². The molecule has 0 bridgehead atoms. The van der Waals surface area contributed by atoms with Gasteiger partial charge < -0.3 is 14.4 Å². The van der Waals surface area contributed by atoms with Gasteiger partial charge in [-0.3, -0.25) is 4.57 Å². The largest absolute Gasteiger partial charge is 0.345 e. The minimum absolute atomic E-state index is 0.345. The topological polar surface area (TPSA) is 62.5 Å². The lowest BCUT2D eigenvalue weighted by atomic mass is 10.0. The van der Waals surface area contributed by atoms with Crippen LogP contribution in [0.15, 0.2) is 97.1 Å². The molecule has 4 nitrogen and oxygen atoms in total. The Labute approximate surface area is 174 Å². The van der Waals surface area contributed by atoms with Crippen LogP contribution in [0, 0.1) is 0 Å². The summed E-state index contributed by atoms with van der Waals surface area (Å²) in [4.78, 5) is 19.3. The molecular formula is C25H20NO3P. The molecular weight excluding hydrogens is 393 g/mol. The van der Waals surface area contributed by atoms with E-state index in [1.54, 1.807) is 4.57 Å². The smallest absolute Gasteiger partial charge is 0.328 e. The Morgan fingerprint density at radius 2 is 1.03 bits per heavy atom. The zero-order valence-corrected chi connectivity index (χ0v) is 17.0. The fraction of sp³-hybridized carbons (Fsp3) is 0.0400. The van der Waals surface area contributed by atoms with Crippen molar-refractivity contribution in [3.8, 4) is 22.3 Å². The predicted molar refractivity (Wildman–Crippen MR) is 122 cm³/mol. The van der Waals surface area contributed by atoms with E-state index in [2.05, 4.69) is 36.4 Å². The normalized spacial score (nSPS) is 11.9. The molecule has 0 aliphatic heterocycles. The van der Waals surface area contributed by atoms with Crippen molar-refractivity contribution in [1.29, 1.82) is 0 Å². The molecule has 4 aromatic carbocycles. The molecule has 0 atom stereocenters. The van der Waals surface area contributed by atoms with Crippen LogP contribution in [0.4, 0.5) is 0 Å². The van der Waals surface area contributed by atoms with Crippen LogP contribution in [-0.2, 0) is 10.9 Å². The standard InChI is InChI=1S/C25H20NO3P/c27-30(28,29)17-26-24-13-11-20(18-7-3-1-4-8-18)15-22(24)23-16-21(12-14-25(23)26)19-9-5-2-6-10-19/h1-16H,17H2,(H2,27,28,29). The number of benzene rings is 4. The monoisotopic (exact) mass is 413 g/mol. The number of rotatable bonds is 4. The van der Waals surface area contributed by atoms with Crippen molar-refractivity contribution >= 4 is 29.4 Å². The molecule has 5 aromatic rings. The number of hydrogen-bond acceptors (Lipinski definition) is 1. The van der Waals surface area contributed by atoms with E-state index in [-0.39, 0.29) is 6.29 Å². The molecule has 0 aliphatic rings. The molecule has 0 spiro atoms. The van der Waals surface area contributed by atoms with Gasteiger partial charge in [-0.1, -0.05) is 72.8 Å². The van der Waals surface area contributed by atoms with Gasteiger partial charge in [0.2, 0.25) is 0 Å². The summed E-state index contributed by atoms with van der Waals surface area (Å²) in [7, 11) is -4.24. The van der Waals surface area contributed by atoms with E-state index in [0.717, 1.165) is 44.1 Å². The highest BCUT2D eigenvalue weighted by molar-refractivity contribution is 7.50. The maximum Gasteiger partial charge on any atom is 0.345 e. The van der Waals surface area contributed by atoms with E-state index < -0.39 is 7.60 Å². The zero-order chi connectivity index (χ0) is 20.7. The molecule has 0 amide bonds. The van der Waals surface area contributed by atoms with Gasteiger partial charge in [0.25, 0.3) is 0 Å². The minimum atomic E-state index is -4.24. The second-order valence-electron chi connectivity index (χ2n) is 7.43. The lowest BCUT2D eigenvalue weighted by Gasteiger charge is -2.09. The molecule has 2 N–H and O–H groups in total. The molecule has 5 rings (SSSR count). The number of fused-ring (bicyclic) bond motifs is 3. The lowest BCUT2D eigenvalue weighted by molar-refractivity contribution is 0.364. The Morgan fingerprint density at radius 1 is 0.600 bits per heavy atom. The molecule has 0 saturated carbocycles. The summed E-state index contributed by atoms with van der Waals surface area (Å²) in [5.41, 5.74) is 5.99. The molecule has 0 unspecified atom stereocenters. The van der Waals surface area contributed by atoms with Crippen LogP contribution in [0.1, 0.15) is 0 Å². The van der Waals surface area contributed by atoms with Crippen molar-refractivity contribution in [3.05, 3.63) is 97.1 Å². The molecule has 1 heterocycles. The molecule has 148 valence electrons. The summed E-state index contributed by atoms with van der Waals surface area (Å²) < 4.78 is 13.6. The summed E-state index contributed by atoms with van der Waals surface area (Å²) in [6.45, 7) is 0. The molecule has 0 aliphatic carbocycles. The van der Waals surface area contributed by atoms with Crippen LogP contribution in [0.25, 0.3) is 44.1 Å². The van der Waals surface area contributed by atoms with E-state index in [1.165, 1.54) is 0 Å². The van der Waals surface area contributed by atoms with E-state index in [1.807, 2.05) is 60.7 Å². The molecule has 0 fully saturated rings. The van der Waals surface area contributed by atoms with E-state index >= 15 is 0 Å². The van der Waals surface area contributed by atoms with Gasteiger partial charge in [0, 0.05) is 21.8 Å². The summed E-state index contributed by atoms with van der Waals surface area (Å²) in [6, 6.07) is 32.4. The molecule has 0 saturated heterocycles. The average Bonchev–Trinajstić information content (AvgIpc) is 3.06. The highest BCUT2D eigenvalue weighted by Gasteiger charge is 2.20. The number of aromatic nitrogens is 1. The predicted octanol–water partition coefficient (Wildman–Crippen LogP) is 6.26. The summed E-state index contributed by atoms with van der Waals surface area (Å²) in [5, 5.41) is 1.97. The Balaban J connectivity index is 1.79. The van der Waals surface area contributed by atoms with Crippen LogP contribution < -0.4 is 0 Å². The lowest BCUT2D eigenvalue weighted by Crippen LogP contribution is -1.98. The maximum absolute atomic E-state index is 11.8. The van der Waals surface area contributed by atoms with Crippen molar-refractivity contribution in [2.45, 2.75) is 6.29 Å². The third kappa shape index (κ3) is 3.46. The molecule has 30 heavy (non-hydrogen) atoms. The van der Waals surface area contributed by atoms with Gasteiger partial charge in [0.05, 0.1) is 0 Å². The first-order valence-corrected chi connectivity index (χ1v) is 11.5. The van der Waals surface area contributed by atoms with Gasteiger partial charge >= 0.3 is 7.60 Å². The summed E-state index contributed by atoms with van der Waals surface area (Å²) >= 11 is 0. The van der Waals surface area contributed by atoms with Gasteiger partial charge in [0.1, 0.15) is 6.29 Å². The Kier molecular flexibility index (Phi) is 4.56. The fourth-order valence-electron chi connectivity index (χ4n) is 4.06. The van der Waals surface area contributed by atoms with Gasteiger partial charge in [-0.2, -0.15) is 0 Å². The highest BCUT2D eigenvalue weighted by atomic mass is 31.2. The van der Waals surface area contributed by atoms with Gasteiger partial charge in [-0.05, 0) is 46.5 Å². The summed E-state index contributed by atoms with van der Waals surface area (Å²) in [5.74, 6) is 0. The SMILES string of the molecule is O=P(O)(O)Cn1c2ccc(-c3ccccc3)cc2c2cc(-c3ccccc3)ccc21. The van der Waals surface area contributed by atoms with E-state index in [9.17, 15) is 14.4 Å². The quantitative estimate of drug-likeness (QED) is 0.342. The van der Waals surface area contributed by atoms with Crippen LogP contribution in [0.3, 0.4) is 0 Å². The number of hydrogen-bond donors (Lipinski definition) is 2. The Hall–Kier alpha value is -3.17. The van der Waals surface area contributed by atoms with E-state index in [0.29, 0.717) is 0 Å². The van der Waals surface area contributed by atoms with Gasteiger partial charge in [-0.15, -0.1) is 0 Å². The Bertz CT molecular complexity index is 1310. The van der Waals surface area contributed by atoms with Crippen LogP contribution in [0.2, 0.25) is 0 Å². The van der Waals surface area contributed by atoms with Gasteiger partial charge in [-0.25, -0.2) is 0 Å². The molecule has 1 aromatic heterocycles. The van der Waals surface area contributed by atoms with Crippen molar-refractivity contribution in [2.24, 2.45) is 0 Å². The second-order valence-corrected chi connectivity index (χ2v) is 9.04. The summed E-state index contributed by atoms with van der Waals surface area (Å²) in [6.07, 6.45) is -0.345. The average molecular weight is 413 g/mol. The first-order valence-electron chi connectivity index (χ1n) is 9.71. The van der Waals surface area contributed by atoms with Gasteiger partial charge in [0.15, 0.2) is 0 Å². The van der Waals surface area contributed by atoms with Crippen molar-refractivity contribution in [1.82, 2.24) is 4.57 Å². The highest BCUT2D eigenvalue weighted by Crippen LogP contribution is 2.42. The first-order chi connectivity index (χ1) is 14.5.